The zero-order valence-electron chi connectivity index (χ0n) is 14.1. The number of rotatable bonds is 6. The Morgan fingerprint density at radius 2 is 1.88 bits per heavy atom. The summed E-state index contributed by atoms with van der Waals surface area (Å²) in [5.74, 6) is -0.715. The minimum absolute atomic E-state index is 0.0521. The topological polar surface area (TPSA) is 72.2 Å². The van der Waals surface area contributed by atoms with Gasteiger partial charge in [-0.05, 0) is 31.2 Å². The van der Waals surface area contributed by atoms with Gasteiger partial charge in [0, 0.05) is 6.54 Å². The van der Waals surface area contributed by atoms with E-state index in [9.17, 15) is 12.8 Å². The molecule has 3 aromatic rings. The highest BCUT2D eigenvalue weighted by Crippen LogP contribution is 2.33. The first-order valence-electron chi connectivity index (χ1n) is 7.85. The van der Waals surface area contributed by atoms with E-state index >= 15 is 0 Å². The van der Waals surface area contributed by atoms with Crippen LogP contribution in [0.1, 0.15) is 5.56 Å². The van der Waals surface area contributed by atoms with Crippen LogP contribution >= 0.6 is 0 Å². The fourth-order valence-electron chi connectivity index (χ4n) is 2.34. The van der Waals surface area contributed by atoms with Crippen molar-refractivity contribution in [2.75, 3.05) is 11.9 Å². The van der Waals surface area contributed by atoms with E-state index in [1.807, 2.05) is 6.92 Å². The summed E-state index contributed by atoms with van der Waals surface area (Å²) in [4.78, 5) is 4.15. The number of benzene rings is 2. The normalized spacial score (nSPS) is 11.3. The third-order valence-electron chi connectivity index (χ3n) is 3.69. The van der Waals surface area contributed by atoms with Crippen LogP contribution in [0.15, 0.2) is 75.5 Å². The largest absolute Gasteiger partial charge is 0.419 e. The van der Waals surface area contributed by atoms with Gasteiger partial charge in [0.25, 0.3) is 0 Å². The molecule has 0 bridgehead atoms. The quantitative estimate of drug-likeness (QED) is 0.656. The lowest BCUT2D eigenvalue weighted by Gasteiger charge is -2.04. The number of aryl methyl sites for hydroxylation is 1. The standard InChI is InChI=1S/C19H17FN2O3S/c1-3-12-21-18-19(26(23,24)14-10-8-13(2)9-11-14)22-17(25-18)15-6-4-5-7-16(15)20/h3-11,21H,1,12H2,2H3. The van der Waals surface area contributed by atoms with Gasteiger partial charge in [-0.15, -0.1) is 6.58 Å². The average Bonchev–Trinajstić information content (AvgIpc) is 3.05. The Morgan fingerprint density at radius 1 is 1.19 bits per heavy atom. The van der Waals surface area contributed by atoms with Gasteiger partial charge in [-0.2, -0.15) is 4.98 Å². The molecule has 0 aliphatic heterocycles. The molecule has 2 aromatic carbocycles. The minimum atomic E-state index is -3.94. The van der Waals surface area contributed by atoms with E-state index in [-0.39, 0.29) is 33.8 Å². The molecule has 1 aromatic heterocycles. The van der Waals surface area contributed by atoms with Crippen molar-refractivity contribution in [3.8, 4) is 11.5 Å². The summed E-state index contributed by atoms with van der Waals surface area (Å²) >= 11 is 0. The van der Waals surface area contributed by atoms with Crippen LogP contribution in [0.2, 0.25) is 0 Å². The number of anilines is 1. The second-order valence-corrected chi connectivity index (χ2v) is 7.48. The van der Waals surface area contributed by atoms with Crippen molar-refractivity contribution in [2.24, 2.45) is 0 Å². The highest BCUT2D eigenvalue weighted by Gasteiger charge is 2.28. The number of hydrogen-bond acceptors (Lipinski definition) is 5. The van der Waals surface area contributed by atoms with Gasteiger partial charge >= 0.3 is 0 Å². The lowest BCUT2D eigenvalue weighted by Crippen LogP contribution is -2.07. The minimum Gasteiger partial charge on any atom is -0.419 e. The predicted octanol–water partition coefficient (Wildman–Crippen LogP) is 4.22. The summed E-state index contributed by atoms with van der Waals surface area (Å²) in [7, 11) is -3.94. The second kappa shape index (κ2) is 7.13. The van der Waals surface area contributed by atoms with Crippen LogP contribution in [0.3, 0.4) is 0 Å². The van der Waals surface area contributed by atoms with Crippen LogP contribution in [0, 0.1) is 12.7 Å². The zero-order chi connectivity index (χ0) is 18.7. The van der Waals surface area contributed by atoms with E-state index in [4.69, 9.17) is 4.42 Å². The van der Waals surface area contributed by atoms with Gasteiger partial charge < -0.3 is 9.73 Å². The molecule has 0 saturated carbocycles. The summed E-state index contributed by atoms with van der Waals surface area (Å²) in [6, 6.07) is 12.3. The first-order chi connectivity index (χ1) is 12.4. The summed E-state index contributed by atoms with van der Waals surface area (Å²) in [6.07, 6.45) is 1.55. The number of sulfone groups is 1. The first-order valence-corrected chi connectivity index (χ1v) is 9.34. The molecule has 3 rings (SSSR count). The molecule has 0 aliphatic rings. The maximum absolute atomic E-state index is 14.0. The van der Waals surface area contributed by atoms with Crippen molar-refractivity contribution in [2.45, 2.75) is 16.8 Å². The third kappa shape index (κ3) is 3.39. The van der Waals surface area contributed by atoms with Gasteiger partial charge in [0.1, 0.15) is 5.82 Å². The van der Waals surface area contributed by atoms with Crippen molar-refractivity contribution in [1.82, 2.24) is 4.98 Å². The van der Waals surface area contributed by atoms with Crippen molar-refractivity contribution in [3.05, 3.63) is 72.6 Å². The number of aromatic nitrogens is 1. The smallest absolute Gasteiger partial charge is 0.234 e. The molecule has 5 nitrogen and oxygen atoms in total. The van der Waals surface area contributed by atoms with Crippen LogP contribution in [-0.4, -0.2) is 19.9 Å². The fourth-order valence-corrected chi connectivity index (χ4v) is 3.62. The van der Waals surface area contributed by atoms with Gasteiger partial charge in [-0.1, -0.05) is 35.9 Å². The van der Waals surface area contributed by atoms with E-state index in [1.54, 1.807) is 24.3 Å². The molecular weight excluding hydrogens is 355 g/mol. The number of halogens is 1. The molecule has 0 atom stereocenters. The van der Waals surface area contributed by atoms with Crippen molar-refractivity contribution in [1.29, 1.82) is 0 Å². The molecule has 26 heavy (non-hydrogen) atoms. The van der Waals surface area contributed by atoms with Crippen LogP contribution in [0.5, 0.6) is 0 Å². The van der Waals surface area contributed by atoms with E-state index in [1.165, 1.54) is 30.3 Å². The van der Waals surface area contributed by atoms with Crippen LogP contribution in [-0.2, 0) is 9.84 Å². The maximum Gasteiger partial charge on any atom is 0.234 e. The Hall–Kier alpha value is -2.93. The molecule has 134 valence electrons. The van der Waals surface area contributed by atoms with Gasteiger partial charge in [-0.3, -0.25) is 0 Å². The van der Waals surface area contributed by atoms with E-state index in [2.05, 4.69) is 16.9 Å². The Bertz CT molecular complexity index is 1040. The molecule has 0 saturated heterocycles. The predicted molar refractivity (Wildman–Crippen MR) is 97.2 cm³/mol. The van der Waals surface area contributed by atoms with E-state index in [0.29, 0.717) is 0 Å². The van der Waals surface area contributed by atoms with Crippen molar-refractivity contribution < 1.29 is 17.2 Å². The number of nitrogens with zero attached hydrogens (tertiary/aromatic N) is 1. The van der Waals surface area contributed by atoms with Crippen molar-refractivity contribution >= 4 is 15.7 Å². The second-order valence-electron chi connectivity index (χ2n) is 5.62. The van der Waals surface area contributed by atoms with Crippen molar-refractivity contribution in [3.63, 3.8) is 0 Å². The first kappa shape index (κ1) is 17.9. The maximum atomic E-state index is 14.0. The summed E-state index contributed by atoms with van der Waals surface area (Å²) < 4.78 is 45.5. The summed E-state index contributed by atoms with van der Waals surface area (Å²) in [6.45, 7) is 5.71. The van der Waals surface area contributed by atoms with E-state index < -0.39 is 15.7 Å². The molecule has 0 unspecified atom stereocenters. The SMILES string of the molecule is C=CCNc1oc(-c2ccccc2F)nc1S(=O)(=O)c1ccc(C)cc1. The molecule has 0 aliphatic carbocycles. The zero-order valence-corrected chi connectivity index (χ0v) is 14.9. The average molecular weight is 372 g/mol. The number of oxazole rings is 1. The molecule has 1 heterocycles. The Labute approximate surface area is 151 Å². The summed E-state index contributed by atoms with van der Waals surface area (Å²) in [5.41, 5.74) is 1.01. The van der Waals surface area contributed by atoms with Gasteiger partial charge in [0.05, 0.1) is 10.5 Å². The van der Waals surface area contributed by atoms with Crippen LogP contribution in [0.4, 0.5) is 10.3 Å². The highest BCUT2D eigenvalue weighted by molar-refractivity contribution is 7.91. The monoisotopic (exact) mass is 372 g/mol. The molecule has 1 N–H and O–H groups in total. The lowest BCUT2D eigenvalue weighted by molar-refractivity contribution is 0.569. The van der Waals surface area contributed by atoms with Crippen LogP contribution in [0.25, 0.3) is 11.5 Å². The molecular formula is C19H17FN2O3S. The third-order valence-corrected chi connectivity index (χ3v) is 5.37. The molecule has 0 spiro atoms. The van der Waals surface area contributed by atoms with Gasteiger partial charge in [-0.25, -0.2) is 12.8 Å². The fraction of sp³-hybridized carbons (Fsp3) is 0.105. The number of hydrogen-bond donors (Lipinski definition) is 1. The molecule has 0 amide bonds. The molecule has 0 fully saturated rings. The van der Waals surface area contributed by atoms with E-state index in [0.717, 1.165) is 5.56 Å². The van der Waals surface area contributed by atoms with Gasteiger partial charge in [0.2, 0.25) is 26.6 Å². The van der Waals surface area contributed by atoms with Gasteiger partial charge in [0.15, 0.2) is 0 Å². The summed E-state index contributed by atoms with van der Waals surface area (Å²) in [5, 5.41) is 2.52. The highest BCUT2D eigenvalue weighted by atomic mass is 32.2. The molecule has 7 heteroatoms. The lowest BCUT2D eigenvalue weighted by atomic mass is 10.2. The number of nitrogens with one attached hydrogen (secondary N) is 1. The molecule has 0 radical (unpaired) electrons. The Morgan fingerprint density at radius 3 is 2.54 bits per heavy atom. The van der Waals surface area contributed by atoms with Crippen LogP contribution < -0.4 is 5.32 Å². The Kier molecular flexibility index (Phi) is 4.90. The Balaban J connectivity index is 2.14.